The van der Waals surface area contributed by atoms with Crippen LogP contribution in [0.3, 0.4) is 0 Å². The lowest BCUT2D eigenvalue weighted by Gasteiger charge is -2.09. The minimum Gasteiger partial charge on any atom is -0.507 e. The second-order valence-electron chi connectivity index (χ2n) is 4.29. The molecule has 1 aromatic carbocycles. The molecule has 1 aromatic heterocycles. The number of pyridine rings is 1. The number of amides is 1. The quantitative estimate of drug-likeness (QED) is 0.891. The Hall–Kier alpha value is -1.88. The van der Waals surface area contributed by atoms with E-state index < -0.39 is 0 Å². The third-order valence-corrected chi connectivity index (χ3v) is 3.11. The van der Waals surface area contributed by atoms with E-state index in [0.717, 1.165) is 15.6 Å². The van der Waals surface area contributed by atoms with Gasteiger partial charge >= 0.3 is 0 Å². The number of phenolic OH excluding ortho intramolecular Hbond substituents is 1. The van der Waals surface area contributed by atoms with E-state index in [1.54, 1.807) is 18.3 Å². The number of halogens is 1. The van der Waals surface area contributed by atoms with Gasteiger partial charge in [-0.2, -0.15) is 0 Å². The van der Waals surface area contributed by atoms with Crippen molar-refractivity contribution in [1.82, 2.24) is 4.98 Å². The van der Waals surface area contributed by atoms with Crippen LogP contribution in [0.5, 0.6) is 5.75 Å². The zero-order chi connectivity index (χ0) is 14.0. The molecule has 0 aliphatic carbocycles. The predicted molar refractivity (Wildman–Crippen MR) is 77.5 cm³/mol. The van der Waals surface area contributed by atoms with E-state index in [-0.39, 0.29) is 17.2 Å². The number of benzene rings is 1. The zero-order valence-electron chi connectivity index (χ0n) is 10.6. The van der Waals surface area contributed by atoms with Crippen LogP contribution in [0.4, 0.5) is 5.82 Å². The van der Waals surface area contributed by atoms with Crippen LogP contribution in [-0.2, 0) is 0 Å². The summed E-state index contributed by atoms with van der Waals surface area (Å²) in [5.41, 5.74) is 1.99. The lowest BCUT2D eigenvalue weighted by atomic mass is 10.1. The van der Waals surface area contributed by atoms with Gasteiger partial charge in [0.1, 0.15) is 11.6 Å². The summed E-state index contributed by atoms with van der Waals surface area (Å²) in [4.78, 5) is 16.2. The maximum atomic E-state index is 12.1. The van der Waals surface area contributed by atoms with Crippen molar-refractivity contribution in [1.29, 1.82) is 0 Å². The monoisotopic (exact) mass is 320 g/mol. The molecule has 2 rings (SSSR count). The van der Waals surface area contributed by atoms with Crippen LogP contribution >= 0.6 is 15.9 Å². The molecule has 0 unspecified atom stereocenters. The molecule has 1 amide bonds. The smallest absolute Gasteiger partial charge is 0.260 e. The predicted octanol–water partition coefficient (Wildman–Crippen LogP) is 3.42. The van der Waals surface area contributed by atoms with Crippen molar-refractivity contribution in [2.75, 3.05) is 5.32 Å². The molecular formula is C14H13BrN2O2. The number of nitrogens with one attached hydrogen (secondary N) is 1. The molecule has 0 saturated carbocycles. The largest absolute Gasteiger partial charge is 0.507 e. The van der Waals surface area contributed by atoms with Gasteiger partial charge in [-0.3, -0.25) is 4.79 Å². The van der Waals surface area contributed by atoms with E-state index in [1.165, 1.54) is 6.07 Å². The fourth-order valence-corrected chi connectivity index (χ4v) is 2.12. The standard InChI is InChI=1S/C14H13BrN2O2/c1-8-3-4-12(18)11(5-8)14(19)17-13-9(2)6-10(15)7-16-13/h3-7,18H,1-2H3,(H,16,17,19). The van der Waals surface area contributed by atoms with Crippen molar-refractivity contribution in [2.24, 2.45) is 0 Å². The highest BCUT2D eigenvalue weighted by atomic mass is 79.9. The SMILES string of the molecule is Cc1ccc(O)c(C(=O)Nc2ncc(Br)cc2C)c1. The fourth-order valence-electron chi connectivity index (χ4n) is 1.68. The number of nitrogens with zero attached hydrogens (tertiary/aromatic N) is 1. The Labute approximate surface area is 119 Å². The molecule has 19 heavy (non-hydrogen) atoms. The van der Waals surface area contributed by atoms with Crippen LogP contribution < -0.4 is 5.32 Å². The summed E-state index contributed by atoms with van der Waals surface area (Å²) in [6.45, 7) is 3.71. The number of aryl methyl sites for hydroxylation is 2. The molecule has 0 bridgehead atoms. The van der Waals surface area contributed by atoms with Crippen LogP contribution in [0.15, 0.2) is 34.9 Å². The van der Waals surface area contributed by atoms with Gasteiger partial charge < -0.3 is 10.4 Å². The van der Waals surface area contributed by atoms with Gasteiger partial charge in [0.15, 0.2) is 0 Å². The molecule has 0 atom stereocenters. The first-order chi connectivity index (χ1) is 8.97. The van der Waals surface area contributed by atoms with Crippen molar-refractivity contribution < 1.29 is 9.90 Å². The van der Waals surface area contributed by atoms with Gasteiger partial charge in [0.2, 0.25) is 0 Å². The average Bonchev–Trinajstić information content (AvgIpc) is 2.35. The molecule has 0 fully saturated rings. The molecule has 2 aromatic rings. The minimum atomic E-state index is -0.376. The lowest BCUT2D eigenvalue weighted by Crippen LogP contribution is -2.14. The van der Waals surface area contributed by atoms with Crippen LogP contribution in [0, 0.1) is 13.8 Å². The Kier molecular flexibility index (Phi) is 3.85. The molecular weight excluding hydrogens is 308 g/mol. The molecule has 1 heterocycles. The fraction of sp³-hybridized carbons (Fsp3) is 0.143. The van der Waals surface area contributed by atoms with Gasteiger partial charge in [-0.15, -0.1) is 0 Å². The number of carbonyl (C=O) groups is 1. The molecule has 5 heteroatoms. The Morgan fingerprint density at radius 1 is 1.32 bits per heavy atom. The highest BCUT2D eigenvalue weighted by Crippen LogP contribution is 2.21. The number of carbonyl (C=O) groups excluding carboxylic acids is 1. The van der Waals surface area contributed by atoms with Gasteiger partial charge in [-0.1, -0.05) is 11.6 Å². The van der Waals surface area contributed by atoms with Crippen molar-refractivity contribution in [3.8, 4) is 5.75 Å². The van der Waals surface area contributed by atoms with E-state index in [4.69, 9.17) is 0 Å². The highest BCUT2D eigenvalue weighted by Gasteiger charge is 2.13. The number of hydrogen-bond donors (Lipinski definition) is 2. The zero-order valence-corrected chi connectivity index (χ0v) is 12.2. The normalized spacial score (nSPS) is 10.3. The minimum absolute atomic E-state index is 0.0436. The summed E-state index contributed by atoms with van der Waals surface area (Å²) in [5.74, 6) is 0.0612. The summed E-state index contributed by atoms with van der Waals surface area (Å²) in [7, 11) is 0. The van der Waals surface area contributed by atoms with Crippen LogP contribution in [0.1, 0.15) is 21.5 Å². The average molecular weight is 321 g/mol. The Bertz CT molecular complexity index is 641. The molecule has 2 N–H and O–H groups in total. The summed E-state index contributed by atoms with van der Waals surface area (Å²) < 4.78 is 0.849. The van der Waals surface area contributed by atoms with Crippen molar-refractivity contribution in [3.05, 3.63) is 51.6 Å². The maximum absolute atomic E-state index is 12.1. The Balaban J connectivity index is 2.28. The number of aromatic nitrogens is 1. The first-order valence-electron chi connectivity index (χ1n) is 5.70. The van der Waals surface area contributed by atoms with E-state index in [0.29, 0.717) is 5.82 Å². The van der Waals surface area contributed by atoms with Crippen LogP contribution in [-0.4, -0.2) is 16.0 Å². The van der Waals surface area contributed by atoms with Gasteiger partial charge in [-0.05, 0) is 53.5 Å². The van der Waals surface area contributed by atoms with Crippen molar-refractivity contribution in [3.63, 3.8) is 0 Å². The maximum Gasteiger partial charge on any atom is 0.260 e. The first-order valence-corrected chi connectivity index (χ1v) is 6.50. The third-order valence-electron chi connectivity index (χ3n) is 2.67. The topological polar surface area (TPSA) is 62.2 Å². The van der Waals surface area contributed by atoms with E-state index in [9.17, 15) is 9.90 Å². The number of phenols is 1. The molecule has 0 radical (unpaired) electrons. The summed E-state index contributed by atoms with van der Waals surface area (Å²) >= 11 is 3.31. The molecule has 0 spiro atoms. The highest BCUT2D eigenvalue weighted by molar-refractivity contribution is 9.10. The van der Waals surface area contributed by atoms with E-state index >= 15 is 0 Å². The van der Waals surface area contributed by atoms with Crippen molar-refractivity contribution in [2.45, 2.75) is 13.8 Å². The van der Waals surface area contributed by atoms with E-state index in [2.05, 4.69) is 26.2 Å². The number of rotatable bonds is 2. The second-order valence-corrected chi connectivity index (χ2v) is 5.21. The van der Waals surface area contributed by atoms with Gasteiger partial charge in [0.05, 0.1) is 5.56 Å². The molecule has 0 aliphatic heterocycles. The lowest BCUT2D eigenvalue weighted by molar-refractivity contribution is 0.102. The Morgan fingerprint density at radius 2 is 2.05 bits per heavy atom. The number of anilines is 1. The summed E-state index contributed by atoms with van der Waals surface area (Å²) in [6.07, 6.45) is 1.61. The van der Waals surface area contributed by atoms with Crippen LogP contribution in [0.25, 0.3) is 0 Å². The third kappa shape index (κ3) is 3.12. The summed E-state index contributed by atoms with van der Waals surface area (Å²) in [6, 6.07) is 6.75. The van der Waals surface area contributed by atoms with Crippen molar-refractivity contribution >= 4 is 27.7 Å². The van der Waals surface area contributed by atoms with E-state index in [1.807, 2.05) is 19.9 Å². The number of hydrogen-bond acceptors (Lipinski definition) is 3. The molecule has 98 valence electrons. The van der Waals surface area contributed by atoms with Crippen LogP contribution in [0.2, 0.25) is 0 Å². The summed E-state index contributed by atoms with van der Waals surface area (Å²) in [5, 5.41) is 12.4. The molecule has 4 nitrogen and oxygen atoms in total. The number of aromatic hydroxyl groups is 1. The molecule has 0 saturated heterocycles. The van der Waals surface area contributed by atoms with Gasteiger partial charge in [0.25, 0.3) is 5.91 Å². The first kappa shape index (κ1) is 13.5. The molecule has 0 aliphatic rings. The second kappa shape index (κ2) is 5.40. The Morgan fingerprint density at radius 3 is 2.74 bits per heavy atom. The van der Waals surface area contributed by atoms with Gasteiger partial charge in [-0.25, -0.2) is 4.98 Å². The van der Waals surface area contributed by atoms with Gasteiger partial charge in [0, 0.05) is 10.7 Å².